The van der Waals surface area contributed by atoms with Gasteiger partial charge in [-0.25, -0.2) is 4.79 Å². The standard InChI is InChI=1S/C17H10N2O3S/c18-8-10-13(12-6-3-7-23-12)14-15(22-16(10)19)9-4-1-2-5-11(9)21-17(14)20/h1-7,13H,19H2/t13-/m0/s1. The summed E-state index contributed by atoms with van der Waals surface area (Å²) >= 11 is 1.45. The molecular weight excluding hydrogens is 312 g/mol. The molecular formula is C17H10N2O3S. The molecule has 0 saturated heterocycles. The number of para-hydroxylation sites is 1. The van der Waals surface area contributed by atoms with Crippen LogP contribution in [0.3, 0.4) is 0 Å². The summed E-state index contributed by atoms with van der Waals surface area (Å²) in [6, 6.07) is 12.9. The van der Waals surface area contributed by atoms with Crippen LogP contribution >= 0.6 is 11.3 Å². The fourth-order valence-electron chi connectivity index (χ4n) is 2.81. The Labute approximate surface area is 134 Å². The van der Waals surface area contributed by atoms with Crippen molar-refractivity contribution in [2.75, 3.05) is 0 Å². The van der Waals surface area contributed by atoms with Crippen molar-refractivity contribution >= 4 is 22.3 Å². The Hall–Kier alpha value is -3.04. The van der Waals surface area contributed by atoms with E-state index in [0.29, 0.717) is 22.3 Å². The molecule has 0 bridgehead atoms. The lowest BCUT2D eigenvalue weighted by atomic mass is 9.88. The van der Waals surface area contributed by atoms with Gasteiger partial charge in [0.05, 0.1) is 16.9 Å². The molecule has 0 fully saturated rings. The minimum absolute atomic E-state index is 0.0224. The number of nitrogens with zero attached hydrogens (tertiary/aromatic N) is 1. The Morgan fingerprint density at radius 2 is 2.04 bits per heavy atom. The van der Waals surface area contributed by atoms with Crippen LogP contribution in [-0.4, -0.2) is 0 Å². The summed E-state index contributed by atoms with van der Waals surface area (Å²) in [5, 5.41) is 12.0. The number of fused-ring (bicyclic) bond motifs is 3. The molecule has 1 aliphatic rings. The number of hydrogen-bond donors (Lipinski definition) is 1. The van der Waals surface area contributed by atoms with Gasteiger partial charge < -0.3 is 14.9 Å². The van der Waals surface area contributed by atoms with Gasteiger partial charge in [0.1, 0.15) is 17.2 Å². The van der Waals surface area contributed by atoms with Gasteiger partial charge in [0.2, 0.25) is 5.88 Å². The molecule has 112 valence electrons. The molecule has 0 radical (unpaired) electrons. The Bertz CT molecular complexity index is 1040. The maximum atomic E-state index is 12.5. The number of ether oxygens (including phenoxy) is 1. The number of nitrogens with two attached hydrogens (primary N) is 1. The Morgan fingerprint density at radius 3 is 2.78 bits per heavy atom. The van der Waals surface area contributed by atoms with Crippen LogP contribution in [0.4, 0.5) is 0 Å². The van der Waals surface area contributed by atoms with Crippen molar-refractivity contribution in [1.82, 2.24) is 0 Å². The first-order chi connectivity index (χ1) is 11.2. The molecule has 1 aromatic carbocycles. The Balaban J connectivity index is 2.11. The zero-order valence-electron chi connectivity index (χ0n) is 11.8. The van der Waals surface area contributed by atoms with Gasteiger partial charge in [0.15, 0.2) is 5.75 Å². The summed E-state index contributed by atoms with van der Waals surface area (Å²) in [6.45, 7) is 0. The van der Waals surface area contributed by atoms with E-state index in [9.17, 15) is 10.1 Å². The SMILES string of the molecule is N#CC1=C(N)Oc2c(c(=O)oc3ccccc23)[C@@H]1c1cccs1. The van der Waals surface area contributed by atoms with E-state index < -0.39 is 11.5 Å². The molecule has 0 spiro atoms. The van der Waals surface area contributed by atoms with Crippen molar-refractivity contribution in [3.63, 3.8) is 0 Å². The van der Waals surface area contributed by atoms with Crippen molar-refractivity contribution in [2.24, 2.45) is 5.73 Å². The number of benzene rings is 1. The van der Waals surface area contributed by atoms with Crippen molar-refractivity contribution in [3.8, 4) is 11.8 Å². The average molecular weight is 322 g/mol. The van der Waals surface area contributed by atoms with E-state index >= 15 is 0 Å². The van der Waals surface area contributed by atoms with E-state index in [0.717, 1.165) is 4.88 Å². The largest absolute Gasteiger partial charge is 0.439 e. The lowest BCUT2D eigenvalue weighted by Crippen LogP contribution is -2.25. The molecule has 0 unspecified atom stereocenters. The van der Waals surface area contributed by atoms with Crippen molar-refractivity contribution in [1.29, 1.82) is 5.26 Å². The number of thiophene rings is 1. The van der Waals surface area contributed by atoms with Crippen LogP contribution in [0.5, 0.6) is 5.75 Å². The van der Waals surface area contributed by atoms with E-state index in [1.807, 2.05) is 23.6 Å². The number of nitriles is 1. The zero-order chi connectivity index (χ0) is 16.0. The predicted molar refractivity (Wildman–Crippen MR) is 86.1 cm³/mol. The van der Waals surface area contributed by atoms with Crippen LogP contribution in [0, 0.1) is 11.3 Å². The molecule has 0 saturated carbocycles. The normalized spacial score (nSPS) is 16.7. The van der Waals surface area contributed by atoms with Crippen molar-refractivity contribution < 1.29 is 9.15 Å². The van der Waals surface area contributed by atoms with Crippen LogP contribution < -0.4 is 16.1 Å². The van der Waals surface area contributed by atoms with Crippen molar-refractivity contribution in [3.05, 3.63) is 74.1 Å². The average Bonchev–Trinajstić information content (AvgIpc) is 3.08. The molecule has 0 amide bonds. The summed E-state index contributed by atoms with van der Waals surface area (Å²) < 4.78 is 11.0. The molecule has 0 aliphatic carbocycles. The highest BCUT2D eigenvalue weighted by atomic mass is 32.1. The Morgan fingerprint density at radius 1 is 1.22 bits per heavy atom. The highest BCUT2D eigenvalue weighted by Gasteiger charge is 2.35. The number of hydrogen-bond acceptors (Lipinski definition) is 6. The van der Waals surface area contributed by atoms with E-state index in [4.69, 9.17) is 14.9 Å². The lowest BCUT2D eigenvalue weighted by Gasteiger charge is -2.24. The van der Waals surface area contributed by atoms with E-state index in [-0.39, 0.29) is 11.5 Å². The molecule has 2 aromatic heterocycles. The smallest absolute Gasteiger partial charge is 0.344 e. The summed E-state index contributed by atoms with van der Waals surface area (Å²) in [4.78, 5) is 13.4. The minimum Gasteiger partial charge on any atom is -0.439 e. The third-order valence-electron chi connectivity index (χ3n) is 3.80. The molecule has 2 N–H and O–H groups in total. The van der Waals surface area contributed by atoms with E-state index in [1.165, 1.54) is 11.3 Å². The highest BCUT2D eigenvalue weighted by Crippen LogP contribution is 2.44. The first-order valence-corrected chi connectivity index (χ1v) is 7.75. The third kappa shape index (κ3) is 1.94. The highest BCUT2D eigenvalue weighted by molar-refractivity contribution is 7.10. The quantitative estimate of drug-likeness (QED) is 0.695. The van der Waals surface area contributed by atoms with Gasteiger partial charge >= 0.3 is 5.63 Å². The van der Waals surface area contributed by atoms with Crippen LogP contribution in [0.25, 0.3) is 11.0 Å². The second-order valence-corrected chi connectivity index (χ2v) is 6.05. The summed E-state index contributed by atoms with van der Waals surface area (Å²) in [5.74, 6) is -0.175. The summed E-state index contributed by atoms with van der Waals surface area (Å²) in [6.07, 6.45) is 0. The molecule has 6 heteroatoms. The lowest BCUT2D eigenvalue weighted by molar-refractivity contribution is 0.388. The second-order valence-electron chi connectivity index (χ2n) is 5.07. The Kier molecular flexibility index (Phi) is 2.96. The molecule has 4 rings (SSSR count). The second kappa shape index (κ2) is 5.00. The molecule has 1 atom stereocenters. The maximum Gasteiger partial charge on any atom is 0.344 e. The van der Waals surface area contributed by atoms with Gasteiger partial charge in [-0.3, -0.25) is 0 Å². The van der Waals surface area contributed by atoms with E-state index in [2.05, 4.69) is 6.07 Å². The molecule has 23 heavy (non-hydrogen) atoms. The summed E-state index contributed by atoms with van der Waals surface area (Å²) in [5.41, 5.74) is 6.40. The predicted octanol–water partition coefficient (Wildman–Crippen LogP) is 3.07. The van der Waals surface area contributed by atoms with Crippen molar-refractivity contribution in [2.45, 2.75) is 5.92 Å². The monoisotopic (exact) mass is 322 g/mol. The maximum absolute atomic E-state index is 12.5. The molecule has 3 heterocycles. The van der Waals surface area contributed by atoms with Gasteiger partial charge in [-0.1, -0.05) is 18.2 Å². The van der Waals surface area contributed by atoms with E-state index in [1.54, 1.807) is 18.2 Å². The number of allylic oxidation sites excluding steroid dienone is 1. The van der Waals surface area contributed by atoms with Gasteiger partial charge in [-0.05, 0) is 23.6 Å². The zero-order valence-corrected chi connectivity index (χ0v) is 12.6. The minimum atomic E-state index is -0.565. The third-order valence-corrected chi connectivity index (χ3v) is 4.74. The van der Waals surface area contributed by atoms with Crippen LogP contribution in [0.2, 0.25) is 0 Å². The topological polar surface area (TPSA) is 89.3 Å². The number of rotatable bonds is 1. The van der Waals surface area contributed by atoms with Crippen LogP contribution in [-0.2, 0) is 0 Å². The van der Waals surface area contributed by atoms with Gasteiger partial charge in [-0.15, -0.1) is 11.3 Å². The first-order valence-electron chi connectivity index (χ1n) is 6.87. The van der Waals surface area contributed by atoms with Crippen LogP contribution in [0.15, 0.2) is 62.4 Å². The summed E-state index contributed by atoms with van der Waals surface area (Å²) in [7, 11) is 0. The molecule has 1 aliphatic heterocycles. The fourth-order valence-corrected chi connectivity index (χ4v) is 3.65. The van der Waals surface area contributed by atoms with Crippen LogP contribution in [0.1, 0.15) is 16.4 Å². The molecule has 3 aromatic rings. The van der Waals surface area contributed by atoms with Gasteiger partial charge in [0.25, 0.3) is 0 Å². The molecule has 5 nitrogen and oxygen atoms in total. The fraction of sp³-hybridized carbons (Fsp3) is 0.0588. The van der Waals surface area contributed by atoms with Gasteiger partial charge in [-0.2, -0.15) is 5.26 Å². The van der Waals surface area contributed by atoms with Gasteiger partial charge in [0, 0.05) is 4.88 Å². The first kappa shape index (κ1) is 13.6.